The summed E-state index contributed by atoms with van der Waals surface area (Å²) in [5.74, 6) is -1.44. The van der Waals surface area contributed by atoms with E-state index in [1.165, 1.54) is 12.1 Å². The third-order valence-corrected chi connectivity index (χ3v) is 5.40. The first-order valence-electron chi connectivity index (χ1n) is 8.87. The van der Waals surface area contributed by atoms with Crippen molar-refractivity contribution in [1.82, 2.24) is 16.0 Å². The lowest BCUT2D eigenvalue weighted by Crippen LogP contribution is -2.57. The molecule has 1 saturated heterocycles. The molecule has 1 atom stereocenters. The molecule has 0 spiro atoms. The van der Waals surface area contributed by atoms with Crippen LogP contribution in [0.3, 0.4) is 0 Å². The molecule has 0 unspecified atom stereocenters. The highest BCUT2D eigenvalue weighted by Gasteiger charge is 2.56. The first-order valence-corrected chi connectivity index (χ1v) is 9.25. The Morgan fingerprint density at radius 1 is 1.18 bits per heavy atom. The van der Waals surface area contributed by atoms with E-state index in [1.54, 1.807) is 30.3 Å². The third-order valence-electron chi connectivity index (χ3n) is 5.16. The van der Waals surface area contributed by atoms with Crippen molar-refractivity contribution in [3.63, 3.8) is 0 Å². The van der Waals surface area contributed by atoms with Crippen molar-refractivity contribution in [2.24, 2.45) is 5.92 Å². The van der Waals surface area contributed by atoms with E-state index in [0.29, 0.717) is 5.56 Å². The van der Waals surface area contributed by atoms with Gasteiger partial charge in [-0.3, -0.25) is 14.9 Å². The van der Waals surface area contributed by atoms with Gasteiger partial charge in [0.2, 0.25) is 0 Å². The maximum Gasteiger partial charge on any atom is 0.322 e. The molecule has 1 aliphatic heterocycles. The number of halogens is 2. The fraction of sp³-hybridized carbons (Fsp3) is 0.250. The van der Waals surface area contributed by atoms with Crippen molar-refractivity contribution in [3.8, 4) is 11.1 Å². The summed E-state index contributed by atoms with van der Waals surface area (Å²) in [5, 5.41) is 7.89. The van der Waals surface area contributed by atoms with Crippen LogP contribution in [0.4, 0.5) is 9.18 Å². The van der Waals surface area contributed by atoms with Gasteiger partial charge in [0.1, 0.15) is 11.4 Å². The molecule has 0 aromatic heterocycles. The van der Waals surface area contributed by atoms with Gasteiger partial charge in [-0.1, -0.05) is 29.8 Å². The molecule has 4 amide bonds. The Morgan fingerprint density at radius 2 is 1.93 bits per heavy atom. The van der Waals surface area contributed by atoms with E-state index in [2.05, 4.69) is 16.0 Å². The first-order chi connectivity index (χ1) is 13.4. The average Bonchev–Trinajstić information content (AvgIpc) is 3.46. The average molecular weight is 402 g/mol. The standard InChI is InChI=1S/C20H17ClFN3O3/c21-12-7-8-14(16(22)9-12)13-3-1-2-4-15(13)17(26)23-10-20(11-5-6-11)18(27)24-19(28)25-20/h1-4,7-9,11H,5-6,10H2,(H,23,26)(H2,24,25,27,28)/t20-/m0/s1. The molecule has 144 valence electrons. The van der Waals surface area contributed by atoms with Gasteiger partial charge in [-0.2, -0.15) is 0 Å². The number of amides is 4. The monoisotopic (exact) mass is 401 g/mol. The summed E-state index contributed by atoms with van der Waals surface area (Å²) >= 11 is 5.81. The minimum absolute atomic E-state index is 0.0109. The first kappa shape index (κ1) is 18.4. The lowest BCUT2D eigenvalue weighted by Gasteiger charge is -2.26. The highest BCUT2D eigenvalue weighted by Crippen LogP contribution is 2.41. The van der Waals surface area contributed by atoms with Crippen molar-refractivity contribution < 1.29 is 18.8 Å². The van der Waals surface area contributed by atoms with Gasteiger partial charge in [-0.15, -0.1) is 0 Å². The maximum atomic E-state index is 14.4. The molecule has 8 heteroatoms. The molecule has 2 aliphatic rings. The molecule has 0 bridgehead atoms. The Hall–Kier alpha value is -2.93. The van der Waals surface area contributed by atoms with Crippen molar-refractivity contribution in [3.05, 3.63) is 58.9 Å². The lowest BCUT2D eigenvalue weighted by atomic mass is 9.92. The van der Waals surface area contributed by atoms with Crippen LogP contribution in [-0.2, 0) is 4.79 Å². The van der Waals surface area contributed by atoms with Crippen LogP contribution in [0.2, 0.25) is 5.02 Å². The molecule has 2 fully saturated rings. The highest BCUT2D eigenvalue weighted by atomic mass is 35.5. The number of hydrogen-bond donors (Lipinski definition) is 3. The SMILES string of the molecule is O=C1NC(=O)[C@](CNC(=O)c2ccccc2-c2ccc(Cl)cc2F)(C2CC2)N1. The maximum absolute atomic E-state index is 14.4. The summed E-state index contributed by atoms with van der Waals surface area (Å²) in [6.45, 7) is -0.0362. The van der Waals surface area contributed by atoms with E-state index in [4.69, 9.17) is 11.6 Å². The molecule has 3 N–H and O–H groups in total. The van der Waals surface area contributed by atoms with E-state index >= 15 is 0 Å². The summed E-state index contributed by atoms with van der Waals surface area (Å²) in [7, 11) is 0. The Morgan fingerprint density at radius 3 is 2.57 bits per heavy atom. The number of carbonyl (C=O) groups excluding carboxylic acids is 3. The van der Waals surface area contributed by atoms with E-state index in [0.717, 1.165) is 12.8 Å². The molecule has 1 aliphatic carbocycles. The number of hydrogen-bond acceptors (Lipinski definition) is 3. The Bertz CT molecular complexity index is 992. The predicted molar refractivity (Wildman–Crippen MR) is 101 cm³/mol. The largest absolute Gasteiger partial charge is 0.349 e. The number of urea groups is 1. The summed E-state index contributed by atoms with van der Waals surface area (Å²) in [4.78, 5) is 36.7. The van der Waals surface area contributed by atoms with Gasteiger partial charge >= 0.3 is 6.03 Å². The number of benzene rings is 2. The van der Waals surface area contributed by atoms with E-state index < -0.39 is 29.2 Å². The zero-order chi connectivity index (χ0) is 19.9. The van der Waals surface area contributed by atoms with Crippen LogP contribution in [0, 0.1) is 11.7 Å². The van der Waals surface area contributed by atoms with Crippen molar-refractivity contribution in [2.45, 2.75) is 18.4 Å². The van der Waals surface area contributed by atoms with Gasteiger partial charge in [0.15, 0.2) is 0 Å². The fourth-order valence-electron chi connectivity index (χ4n) is 3.58. The molecule has 0 radical (unpaired) electrons. The minimum Gasteiger partial charge on any atom is -0.349 e. The fourth-order valence-corrected chi connectivity index (χ4v) is 3.74. The number of rotatable bonds is 5. The van der Waals surface area contributed by atoms with Crippen LogP contribution in [0.25, 0.3) is 11.1 Å². The van der Waals surface area contributed by atoms with Crippen LogP contribution >= 0.6 is 11.6 Å². The van der Waals surface area contributed by atoms with Crippen LogP contribution in [0.5, 0.6) is 0 Å². The molecule has 4 rings (SSSR count). The zero-order valence-electron chi connectivity index (χ0n) is 14.7. The lowest BCUT2D eigenvalue weighted by molar-refractivity contribution is -0.124. The number of carbonyl (C=O) groups is 3. The second-order valence-corrected chi connectivity index (χ2v) is 7.44. The normalized spacial score (nSPS) is 21.2. The predicted octanol–water partition coefficient (Wildman–Crippen LogP) is 2.86. The summed E-state index contributed by atoms with van der Waals surface area (Å²) in [5.41, 5.74) is -0.208. The second-order valence-electron chi connectivity index (χ2n) is 7.01. The molecule has 1 saturated carbocycles. The van der Waals surface area contributed by atoms with Crippen molar-refractivity contribution in [1.29, 1.82) is 0 Å². The molecule has 2 aromatic carbocycles. The van der Waals surface area contributed by atoms with Crippen molar-refractivity contribution in [2.75, 3.05) is 6.54 Å². The van der Waals surface area contributed by atoms with E-state index in [9.17, 15) is 18.8 Å². The topological polar surface area (TPSA) is 87.3 Å². The Balaban J connectivity index is 1.59. The number of imide groups is 1. The van der Waals surface area contributed by atoms with Crippen LogP contribution in [-0.4, -0.2) is 29.9 Å². The molecule has 1 heterocycles. The molecule has 6 nitrogen and oxygen atoms in total. The second kappa shape index (κ2) is 6.91. The van der Waals surface area contributed by atoms with Crippen LogP contribution < -0.4 is 16.0 Å². The summed E-state index contributed by atoms with van der Waals surface area (Å²) in [6.07, 6.45) is 1.60. The quantitative estimate of drug-likeness (QED) is 0.673. The van der Waals surface area contributed by atoms with Crippen molar-refractivity contribution >= 4 is 29.4 Å². The molecular formula is C20H17ClFN3O3. The van der Waals surface area contributed by atoms with E-state index in [-0.39, 0.29) is 28.6 Å². The summed E-state index contributed by atoms with van der Waals surface area (Å²) in [6, 6.07) is 10.3. The zero-order valence-corrected chi connectivity index (χ0v) is 15.5. The Kier molecular flexibility index (Phi) is 4.55. The van der Waals surface area contributed by atoms with Gasteiger partial charge in [0.05, 0.1) is 6.54 Å². The minimum atomic E-state index is -1.13. The molecule has 2 aromatic rings. The van der Waals surface area contributed by atoms with Crippen LogP contribution in [0.1, 0.15) is 23.2 Å². The number of nitrogens with one attached hydrogen (secondary N) is 3. The highest BCUT2D eigenvalue weighted by molar-refractivity contribution is 6.30. The van der Waals surface area contributed by atoms with Gasteiger partial charge < -0.3 is 10.6 Å². The summed E-state index contributed by atoms with van der Waals surface area (Å²) < 4.78 is 14.4. The van der Waals surface area contributed by atoms with Gasteiger partial charge in [0, 0.05) is 16.1 Å². The Labute approximate surface area is 165 Å². The van der Waals surface area contributed by atoms with Gasteiger partial charge in [-0.25, -0.2) is 9.18 Å². The van der Waals surface area contributed by atoms with Crippen LogP contribution in [0.15, 0.2) is 42.5 Å². The molecular weight excluding hydrogens is 385 g/mol. The van der Waals surface area contributed by atoms with E-state index in [1.807, 2.05) is 0 Å². The smallest absolute Gasteiger partial charge is 0.322 e. The third kappa shape index (κ3) is 3.22. The van der Waals surface area contributed by atoms with Gasteiger partial charge in [0.25, 0.3) is 11.8 Å². The van der Waals surface area contributed by atoms with Gasteiger partial charge in [-0.05, 0) is 48.6 Å². The molecule has 28 heavy (non-hydrogen) atoms.